The molecular weight excluding hydrogens is 272 g/mol. The second-order valence-electron chi connectivity index (χ2n) is 3.99. The Balaban J connectivity index is 1.85. The summed E-state index contributed by atoms with van der Waals surface area (Å²) in [6.45, 7) is 0.293. The Labute approximate surface area is 114 Å². The monoisotopic (exact) mass is 282 g/mol. The highest BCUT2D eigenvalue weighted by Crippen LogP contribution is 2.12. The lowest BCUT2D eigenvalue weighted by Gasteiger charge is -2.09. The van der Waals surface area contributed by atoms with Gasteiger partial charge < -0.3 is 15.3 Å². The number of nitrogens with one attached hydrogen (secondary N) is 1. The van der Waals surface area contributed by atoms with Gasteiger partial charge in [-0.3, -0.25) is 4.79 Å². The Kier molecular flexibility index (Phi) is 4.01. The number of halogens is 1. The van der Waals surface area contributed by atoms with Gasteiger partial charge in [-0.05, 0) is 17.7 Å². The Bertz CT molecular complexity index is 544. The molecule has 0 fully saturated rings. The van der Waals surface area contributed by atoms with Crippen molar-refractivity contribution in [1.29, 1.82) is 0 Å². The summed E-state index contributed by atoms with van der Waals surface area (Å²) in [4.78, 5) is 27.1. The van der Waals surface area contributed by atoms with Crippen molar-refractivity contribution < 1.29 is 19.5 Å². The van der Waals surface area contributed by atoms with Crippen LogP contribution >= 0.6 is 11.6 Å². The lowest BCUT2D eigenvalue weighted by atomic mass is 10.1. The third-order valence-electron chi connectivity index (χ3n) is 2.56. The van der Waals surface area contributed by atoms with Gasteiger partial charge >= 0.3 is 5.97 Å². The second kappa shape index (κ2) is 5.71. The molecule has 0 radical (unpaired) electrons. The quantitative estimate of drug-likeness (QED) is 0.868. The van der Waals surface area contributed by atoms with Gasteiger partial charge in [0, 0.05) is 18.0 Å². The molecule has 6 nitrogen and oxygen atoms in total. The first-order valence-corrected chi connectivity index (χ1v) is 5.92. The highest BCUT2D eigenvalue weighted by Gasteiger charge is 2.31. The van der Waals surface area contributed by atoms with E-state index in [0.29, 0.717) is 11.6 Å². The number of hydrogen-bond donors (Lipinski definition) is 2. The van der Waals surface area contributed by atoms with E-state index >= 15 is 0 Å². The van der Waals surface area contributed by atoms with E-state index in [1.165, 1.54) is 0 Å². The Hall–Kier alpha value is -2.08. The van der Waals surface area contributed by atoms with Crippen LogP contribution in [0, 0.1) is 0 Å². The minimum Gasteiger partial charge on any atom is -0.477 e. The number of aliphatic carboxylic acids is 1. The molecular formula is C12H11ClN2O4. The third kappa shape index (κ3) is 3.45. The number of amides is 1. The molecule has 19 heavy (non-hydrogen) atoms. The molecule has 1 aliphatic rings. The van der Waals surface area contributed by atoms with Gasteiger partial charge in [0.25, 0.3) is 5.91 Å². The summed E-state index contributed by atoms with van der Waals surface area (Å²) in [7, 11) is 0. The molecule has 1 heterocycles. The zero-order valence-electron chi connectivity index (χ0n) is 9.80. The molecule has 0 aliphatic carbocycles. The fourth-order valence-electron chi connectivity index (χ4n) is 1.59. The normalized spacial score (nSPS) is 17.5. The van der Waals surface area contributed by atoms with Crippen LogP contribution < -0.4 is 5.32 Å². The first-order valence-electron chi connectivity index (χ1n) is 5.54. The molecule has 0 bridgehead atoms. The molecule has 2 N–H and O–H groups in total. The maximum Gasteiger partial charge on any atom is 0.353 e. The van der Waals surface area contributed by atoms with Gasteiger partial charge in [-0.25, -0.2) is 4.79 Å². The summed E-state index contributed by atoms with van der Waals surface area (Å²) in [5.74, 6) is -1.58. The number of hydrogen-bond acceptors (Lipinski definition) is 4. The molecule has 1 aliphatic heterocycles. The van der Waals surface area contributed by atoms with Crippen LogP contribution in [0.4, 0.5) is 0 Å². The summed E-state index contributed by atoms with van der Waals surface area (Å²) in [6, 6.07) is 7.07. The number of carboxylic acids is 1. The average molecular weight is 283 g/mol. The highest BCUT2D eigenvalue weighted by atomic mass is 35.5. The van der Waals surface area contributed by atoms with E-state index in [2.05, 4.69) is 10.5 Å². The van der Waals surface area contributed by atoms with Gasteiger partial charge in [-0.2, -0.15) is 0 Å². The summed E-state index contributed by atoms with van der Waals surface area (Å²) in [6.07, 6.45) is -0.915. The van der Waals surface area contributed by atoms with Crippen molar-refractivity contribution in [3.8, 4) is 0 Å². The van der Waals surface area contributed by atoms with Crippen LogP contribution in [-0.4, -0.2) is 28.8 Å². The summed E-state index contributed by atoms with van der Waals surface area (Å²) in [5.41, 5.74) is 0.695. The van der Waals surface area contributed by atoms with Crippen LogP contribution in [0.25, 0.3) is 0 Å². The minimum absolute atomic E-state index is 0.0310. The number of carboxylic acid groups (broad SMARTS) is 1. The van der Waals surface area contributed by atoms with E-state index in [-0.39, 0.29) is 12.1 Å². The van der Waals surface area contributed by atoms with E-state index in [1.54, 1.807) is 18.2 Å². The average Bonchev–Trinajstić information content (AvgIpc) is 2.86. The standard InChI is InChI=1S/C12H11ClN2O4/c13-8-3-1-2-7(4-8)6-14-11(16)10-5-9(12(17)18)15-19-10/h1-4,10H,5-6H2,(H,14,16)(H,17,18). The van der Waals surface area contributed by atoms with Crippen LogP contribution in [0.3, 0.4) is 0 Å². The van der Waals surface area contributed by atoms with E-state index < -0.39 is 18.0 Å². The smallest absolute Gasteiger partial charge is 0.353 e. The van der Waals surface area contributed by atoms with Crippen molar-refractivity contribution in [1.82, 2.24) is 5.32 Å². The van der Waals surface area contributed by atoms with Crippen LogP contribution in [0.2, 0.25) is 5.02 Å². The Morgan fingerprint density at radius 3 is 2.95 bits per heavy atom. The number of rotatable bonds is 4. The van der Waals surface area contributed by atoms with Crippen molar-refractivity contribution >= 4 is 29.2 Å². The summed E-state index contributed by atoms with van der Waals surface area (Å²) < 4.78 is 0. The summed E-state index contributed by atoms with van der Waals surface area (Å²) >= 11 is 5.82. The van der Waals surface area contributed by atoms with Gasteiger partial charge in [-0.1, -0.05) is 28.9 Å². The van der Waals surface area contributed by atoms with Gasteiger partial charge in [0.2, 0.25) is 6.10 Å². The molecule has 2 rings (SSSR count). The zero-order chi connectivity index (χ0) is 13.8. The fourth-order valence-corrected chi connectivity index (χ4v) is 1.81. The predicted molar refractivity (Wildman–Crippen MR) is 67.9 cm³/mol. The van der Waals surface area contributed by atoms with Crippen molar-refractivity contribution in [3.05, 3.63) is 34.9 Å². The first kappa shape index (κ1) is 13.4. The highest BCUT2D eigenvalue weighted by molar-refractivity contribution is 6.36. The maximum atomic E-state index is 11.7. The maximum absolute atomic E-state index is 11.7. The predicted octanol–water partition coefficient (Wildman–Crippen LogP) is 1.19. The molecule has 1 amide bonds. The van der Waals surface area contributed by atoms with Crippen LogP contribution in [0.5, 0.6) is 0 Å². The lowest BCUT2D eigenvalue weighted by Crippen LogP contribution is -2.34. The lowest BCUT2D eigenvalue weighted by molar-refractivity contribution is -0.131. The topological polar surface area (TPSA) is 88.0 Å². The van der Waals surface area contributed by atoms with Crippen molar-refractivity contribution in [2.45, 2.75) is 19.1 Å². The van der Waals surface area contributed by atoms with Gasteiger partial charge in [0.15, 0.2) is 5.71 Å². The van der Waals surface area contributed by atoms with Crippen LogP contribution in [-0.2, 0) is 21.0 Å². The van der Waals surface area contributed by atoms with E-state index in [1.807, 2.05) is 6.07 Å². The fraction of sp³-hybridized carbons (Fsp3) is 0.250. The third-order valence-corrected chi connectivity index (χ3v) is 2.80. The number of oxime groups is 1. The van der Waals surface area contributed by atoms with E-state index in [0.717, 1.165) is 5.56 Å². The summed E-state index contributed by atoms with van der Waals surface area (Å²) in [5, 5.41) is 15.3. The number of nitrogens with zero attached hydrogens (tertiary/aromatic N) is 1. The molecule has 0 saturated heterocycles. The zero-order valence-corrected chi connectivity index (χ0v) is 10.6. The molecule has 1 unspecified atom stereocenters. The molecule has 7 heteroatoms. The molecule has 0 aromatic heterocycles. The van der Waals surface area contributed by atoms with Gasteiger partial charge in [0.05, 0.1) is 0 Å². The van der Waals surface area contributed by atoms with Crippen molar-refractivity contribution in [3.63, 3.8) is 0 Å². The molecule has 1 atom stereocenters. The largest absolute Gasteiger partial charge is 0.477 e. The number of carbonyl (C=O) groups is 2. The van der Waals surface area contributed by atoms with E-state index in [9.17, 15) is 9.59 Å². The molecule has 1 aromatic rings. The van der Waals surface area contributed by atoms with Gasteiger partial charge in [0.1, 0.15) is 0 Å². The molecule has 0 saturated carbocycles. The number of carbonyl (C=O) groups excluding carboxylic acids is 1. The Morgan fingerprint density at radius 1 is 1.53 bits per heavy atom. The van der Waals surface area contributed by atoms with Crippen molar-refractivity contribution in [2.24, 2.45) is 5.16 Å². The number of benzene rings is 1. The molecule has 1 aromatic carbocycles. The van der Waals surface area contributed by atoms with E-state index in [4.69, 9.17) is 21.5 Å². The van der Waals surface area contributed by atoms with Crippen molar-refractivity contribution in [2.75, 3.05) is 0 Å². The molecule has 100 valence electrons. The Morgan fingerprint density at radius 2 is 2.32 bits per heavy atom. The second-order valence-corrected chi connectivity index (χ2v) is 4.43. The molecule has 0 spiro atoms. The minimum atomic E-state index is -1.18. The SMILES string of the molecule is O=C(O)C1=NOC(C(=O)NCc2cccc(Cl)c2)C1. The van der Waals surface area contributed by atoms with Crippen LogP contribution in [0.1, 0.15) is 12.0 Å². The first-order chi connectivity index (χ1) is 9.06. The van der Waals surface area contributed by atoms with Gasteiger partial charge in [-0.15, -0.1) is 0 Å². The van der Waals surface area contributed by atoms with Crippen LogP contribution in [0.15, 0.2) is 29.4 Å².